The average Bonchev–Trinajstić information content (AvgIpc) is 2.31. The molecule has 84 valence electrons. The van der Waals surface area contributed by atoms with E-state index in [-0.39, 0.29) is 5.91 Å². The van der Waals surface area contributed by atoms with Gasteiger partial charge in [0.1, 0.15) is 5.84 Å². The van der Waals surface area contributed by atoms with Crippen molar-refractivity contribution in [1.29, 1.82) is 0 Å². The lowest BCUT2D eigenvalue weighted by atomic mass is 10.2. The number of carbonyl (C=O) groups is 1. The Morgan fingerprint density at radius 1 is 1.44 bits per heavy atom. The molecule has 0 aliphatic carbocycles. The van der Waals surface area contributed by atoms with Crippen molar-refractivity contribution in [3.8, 4) is 0 Å². The molecule has 0 bridgehead atoms. The third-order valence-corrected chi connectivity index (χ3v) is 2.03. The highest BCUT2D eigenvalue weighted by molar-refractivity contribution is 6.06. The van der Waals surface area contributed by atoms with E-state index in [4.69, 9.17) is 0 Å². The number of aliphatic imine (C=N–C) groups is 1. The van der Waals surface area contributed by atoms with Gasteiger partial charge in [-0.15, -0.1) is 0 Å². The van der Waals surface area contributed by atoms with Gasteiger partial charge in [-0.05, 0) is 18.6 Å². The van der Waals surface area contributed by atoms with Gasteiger partial charge in [0.15, 0.2) is 0 Å². The highest BCUT2D eigenvalue weighted by atomic mass is 16.1. The summed E-state index contributed by atoms with van der Waals surface area (Å²) in [6.45, 7) is 5.56. The lowest BCUT2D eigenvalue weighted by molar-refractivity contribution is 0.0976. The Labute approximate surface area is 95.9 Å². The van der Waals surface area contributed by atoms with Crippen molar-refractivity contribution in [1.82, 2.24) is 5.32 Å². The fourth-order valence-electron chi connectivity index (χ4n) is 1.30. The van der Waals surface area contributed by atoms with E-state index in [2.05, 4.69) is 16.9 Å². The summed E-state index contributed by atoms with van der Waals surface area (Å²) < 4.78 is 0. The monoisotopic (exact) mass is 216 g/mol. The van der Waals surface area contributed by atoms with Crippen molar-refractivity contribution < 1.29 is 4.79 Å². The van der Waals surface area contributed by atoms with E-state index in [0.717, 1.165) is 12.8 Å². The van der Waals surface area contributed by atoms with E-state index >= 15 is 0 Å². The maximum absolute atomic E-state index is 11.8. The number of amides is 1. The van der Waals surface area contributed by atoms with Crippen molar-refractivity contribution in [3.63, 3.8) is 0 Å². The van der Waals surface area contributed by atoms with Crippen LogP contribution in [0.1, 0.15) is 30.1 Å². The number of amidine groups is 1. The summed E-state index contributed by atoms with van der Waals surface area (Å²) in [7, 11) is 0. The van der Waals surface area contributed by atoms with Crippen LogP contribution in [0.25, 0.3) is 0 Å². The third kappa shape index (κ3) is 3.69. The second-order valence-electron chi connectivity index (χ2n) is 3.33. The first kappa shape index (κ1) is 12.2. The first-order chi connectivity index (χ1) is 7.77. The highest BCUT2D eigenvalue weighted by Crippen LogP contribution is 1.99. The van der Waals surface area contributed by atoms with Gasteiger partial charge >= 0.3 is 0 Å². The number of rotatable bonds is 4. The number of nitrogens with one attached hydrogen (secondary N) is 1. The van der Waals surface area contributed by atoms with Crippen molar-refractivity contribution >= 4 is 11.7 Å². The Kier molecular flexibility index (Phi) is 4.99. The van der Waals surface area contributed by atoms with E-state index in [9.17, 15) is 4.79 Å². The van der Waals surface area contributed by atoms with Gasteiger partial charge in [-0.2, -0.15) is 0 Å². The summed E-state index contributed by atoms with van der Waals surface area (Å²) in [5.41, 5.74) is 0.635. The van der Waals surface area contributed by atoms with Gasteiger partial charge in [-0.25, -0.2) is 4.99 Å². The molecule has 0 saturated heterocycles. The number of carbonyl (C=O) groups excluding carboxylic acids is 1. The second kappa shape index (κ2) is 6.56. The van der Waals surface area contributed by atoms with Crippen LogP contribution in [0.3, 0.4) is 0 Å². The van der Waals surface area contributed by atoms with Gasteiger partial charge in [0, 0.05) is 18.2 Å². The van der Waals surface area contributed by atoms with Gasteiger partial charge < -0.3 is 5.32 Å². The lowest BCUT2D eigenvalue weighted by Gasteiger charge is -2.06. The van der Waals surface area contributed by atoms with E-state index in [1.807, 2.05) is 25.1 Å². The van der Waals surface area contributed by atoms with Crippen LogP contribution < -0.4 is 5.32 Å². The first-order valence-corrected chi connectivity index (χ1v) is 5.32. The van der Waals surface area contributed by atoms with Crippen LogP contribution in [0.4, 0.5) is 0 Å². The third-order valence-electron chi connectivity index (χ3n) is 2.03. The minimum absolute atomic E-state index is 0.130. The zero-order valence-electron chi connectivity index (χ0n) is 9.44. The quantitative estimate of drug-likeness (QED) is 0.610. The van der Waals surface area contributed by atoms with E-state index in [1.54, 1.807) is 12.1 Å². The number of benzene rings is 1. The number of nitrogens with zero attached hydrogens (tertiary/aromatic N) is 1. The van der Waals surface area contributed by atoms with E-state index in [1.165, 1.54) is 6.20 Å². The van der Waals surface area contributed by atoms with E-state index in [0.29, 0.717) is 11.4 Å². The van der Waals surface area contributed by atoms with Crippen LogP contribution in [0.15, 0.2) is 48.1 Å². The normalized spacial score (nSPS) is 10.9. The molecule has 1 aromatic carbocycles. The maximum atomic E-state index is 11.8. The van der Waals surface area contributed by atoms with Gasteiger partial charge in [0.05, 0.1) is 0 Å². The molecule has 1 amide bonds. The fraction of sp³-hybridized carbons (Fsp3) is 0.231. The first-order valence-electron chi connectivity index (χ1n) is 5.32. The summed E-state index contributed by atoms with van der Waals surface area (Å²) in [6.07, 6.45) is 3.11. The van der Waals surface area contributed by atoms with Crippen LogP contribution in [0.2, 0.25) is 0 Å². The SMILES string of the molecule is C=CN=C(CCC)NC(=O)c1ccccc1. The van der Waals surface area contributed by atoms with Gasteiger partial charge in [-0.1, -0.05) is 31.7 Å². The molecule has 0 fully saturated rings. The summed E-state index contributed by atoms with van der Waals surface area (Å²) >= 11 is 0. The smallest absolute Gasteiger partial charge is 0.256 e. The Bertz CT molecular complexity index is 382. The molecule has 0 unspecified atom stereocenters. The Balaban J connectivity index is 2.69. The van der Waals surface area contributed by atoms with Gasteiger partial charge in [-0.3, -0.25) is 4.79 Å². The highest BCUT2D eigenvalue weighted by Gasteiger charge is 2.06. The summed E-state index contributed by atoms with van der Waals surface area (Å²) in [4.78, 5) is 15.8. The van der Waals surface area contributed by atoms with Gasteiger partial charge in [0.25, 0.3) is 5.91 Å². The predicted molar refractivity (Wildman–Crippen MR) is 66.4 cm³/mol. The molecule has 16 heavy (non-hydrogen) atoms. The molecule has 1 aromatic rings. The largest absolute Gasteiger partial charge is 0.310 e. The number of hydrogen-bond acceptors (Lipinski definition) is 2. The van der Waals surface area contributed by atoms with Crippen LogP contribution >= 0.6 is 0 Å². The molecule has 0 aliphatic rings. The molecule has 0 aromatic heterocycles. The summed E-state index contributed by atoms with van der Waals surface area (Å²) in [6, 6.07) is 9.08. The van der Waals surface area contributed by atoms with E-state index < -0.39 is 0 Å². The van der Waals surface area contributed by atoms with Crippen LogP contribution in [0, 0.1) is 0 Å². The van der Waals surface area contributed by atoms with Gasteiger partial charge in [0.2, 0.25) is 0 Å². The molecule has 0 atom stereocenters. The Hall–Kier alpha value is -1.90. The van der Waals surface area contributed by atoms with Crippen LogP contribution in [0.5, 0.6) is 0 Å². The molecule has 0 spiro atoms. The summed E-state index contributed by atoms with van der Waals surface area (Å²) in [5, 5.41) is 2.77. The minimum atomic E-state index is -0.130. The molecule has 0 aliphatic heterocycles. The predicted octanol–water partition coefficient (Wildman–Crippen LogP) is 2.76. The second-order valence-corrected chi connectivity index (χ2v) is 3.33. The molecule has 1 rings (SSSR count). The van der Waals surface area contributed by atoms with Crippen molar-refractivity contribution in [2.75, 3.05) is 0 Å². The van der Waals surface area contributed by atoms with Crippen molar-refractivity contribution in [2.24, 2.45) is 4.99 Å². The maximum Gasteiger partial charge on any atom is 0.256 e. The minimum Gasteiger partial charge on any atom is -0.310 e. The lowest BCUT2D eigenvalue weighted by Crippen LogP contribution is -2.30. The molecular formula is C13H16N2O. The molecule has 0 saturated carbocycles. The summed E-state index contributed by atoms with van der Waals surface area (Å²) in [5.74, 6) is 0.529. The zero-order valence-corrected chi connectivity index (χ0v) is 9.44. The Morgan fingerprint density at radius 2 is 2.12 bits per heavy atom. The average molecular weight is 216 g/mol. The van der Waals surface area contributed by atoms with Crippen LogP contribution in [-0.4, -0.2) is 11.7 Å². The fourth-order valence-corrected chi connectivity index (χ4v) is 1.30. The molecule has 3 nitrogen and oxygen atoms in total. The Morgan fingerprint density at radius 3 is 2.69 bits per heavy atom. The van der Waals surface area contributed by atoms with Crippen molar-refractivity contribution in [2.45, 2.75) is 19.8 Å². The standard InChI is InChI=1S/C13H16N2O/c1-3-8-12(14-4-2)15-13(16)11-9-6-5-7-10-11/h4-7,9-10H,2-3,8H2,1H3,(H,14,15,16). The molecule has 1 N–H and O–H groups in total. The molecule has 0 heterocycles. The van der Waals surface area contributed by atoms with Crippen molar-refractivity contribution in [3.05, 3.63) is 48.7 Å². The molecular weight excluding hydrogens is 200 g/mol. The molecule has 0 radical (unpaired) electrons. The molecule has 3 heteroatoms. The number of hydrogen-bond donors (Lipinski definition) is 1. The topological polar surface area (TPSA) is 41.5 Å². The van der Waals surface area contributed by atoms with Crippen LogP contribution in [-0.2, 0) is 0 Å². The zero-order chi connectivity index (χ0) is 11.8.